The average molecular weight is 394 g/mol. The van der Waals surface area contributed by atoms with Gasteiger partial charge in [0.2, 0.25) is 5.91 Å². The zero-order valence-electron chi connectivity index (χ0n) is 16.0. The summed E-state index contributed by atoms with van der Waals surface area (Å²) in [6.07, 6.45) is 1.22. The first-order valence-electron chi connectivity index (χ1n) is 9.06. The Hall–Kier alpha value is -2.19. The van der Waals surface area contributed by atoms with Gasteiger partial charge in [0.05, 0.1) is 31.6 Å². The molecule has 0 bridgehead atoms. The normalized spacial score (nSPS) is 14.0. The number of nitrogens with one attached hydrogen (secondary N) is 2. The van der Waals surface area contributed by atoms with Gasteiger partial charge in [-0.1, -0.05) is 13.8 Å². The lowest BCUT2D eigenvalue weighted by molar-refractivity contribution is -0.119. The molecule has 1 aliphatic rings. The Kier molecular flexibility index (Phi) is 7.99. The summed E-state index contributed by atoms with van der Waals surface area (Å²) in [7, 11) is 1.35. The predicted molar refractivity (Wildman–Crippen MR) is 109 cm³/mol. The SMILES string of the molecule is COC(=O)c1cc(NC(=S)NC(=O)CCC(C)C)ccc1N1CCOCC1. The van der Waals surface area contributed by atoms with Gasteiger partial charge in [-0.05, 0) is 42.8 Å². The highest BCUT2D eigenvalue weighted by Gasteiger charge is 2.20. The van der Waals surface area contributed by atoms with Crippen molar-refractivity contribution in [1.29, 1.82) is 0 Å². The van der Waals surface area contributed by atoms with Gasteiger partial charge in [-0.2, -0.15) is 0 Å². The van der Waals surface area contributed by atoms with E-state index in [1.54, 1.807) is 6.07 Å². The Morgan fingerprint density at radius 2 is 2.00 bits per heavy atom. The van der Waals surface area contributed by atoms with Crippen LogP contribution in [0.25, 0.3) is 0 Å². The van der Waals surface area contributed by atoms with Crippen molar-refractivity contribution in [2.75, 3.05) is 43.6 Å². The number of hydrogen-bond donors (Lipinski definition) is 2. The molecule has 1 aromatic carbocycles. The number of benzene rings is 1. The van der Waals surface area contributed by atoms with Crippen LogP contribution in [0.2, 0.25) is 0 Å². The van der Waals surface area contributed by atoms with E-state index in [4.69, 9.17) is 21.7 Å². The van der Waals surface area contributed by atoms with E-state index in [2.05, 4.69) is 29.4 Å². The minimum absolute atomic E-state index is 0.126. The summed E-state index contributed by atoms with van der Waals surface area (Å²) in [5, 5.41) is 5.83. The summed E-state index contributed by atoms with van der Waals surface area (Å²) in [5.74, 6) is -0.0982. The average Bonchev–Trinajstić information content (AvgIpc) is 2.66. The molecule has 1 saturated heterocycles. The van der Waals surface area contributed by atoms with Gasteiger partial charge >= 0.3 is 5.97 Å². The Labute approximate surface area is 165 Å². The van der Waals surface area contributed by atoms with Crippen LogP contribution in [0.1, 0.15) is 37.0 Å². The first-order valence-corrected chi connectivity index (χ1v) is 9.47. The third-order valence-electron chi connectivity index (χ3n) is 4.21. The molecule has 2 N–H and O–H groups in total. The number of morpholine rings is 1. The van der Waals surface area contributed by atoms with Crippen molar-refractivity contribution in [3.63, 3.8) is 0 Å². The number of rotatable bonds is 6. The van der Waals surface area contributed by atoms with Crippen molar-refractivity contribution in [1.82, 2.24) is 5.32 Å². The monoisotopic (exact) mass is 393 g/mol. The third kappa shape index (κ3) is 6.48. The number of methoxy groups -OCH3 is 1. The quantitative estimate of drug-likeness (QED) is 0.568. The molecule has 27 heavy (non-hydrogen) atoms. The molecular formula is C19H27N3O4S. The van der Waals surface area contributed by atoms with Crippen molar-refractivity contribution >= 4 is 40.6 Å². The van der Waals surface area contributed by atoms with E-state index < -0.39 is 5.97 Å². The highest BCUT2D eigenvalue weighted by atomic mass is 32.1. The van der Waals surface area contributed by atoms with E-state index in [0.717, 1.165) is 12.1 Å². The molecule has 1 aliphatic heterocycles. The van der Waals surface area contributed by atoms with E-state index >= 15 is 0 Å². The molecule has 0 atom stereocenters. The first-order chi connectivity index (χ1) is 12.9. The zero-order valence-corrected chi connectivity index (χ0v) is 16.9. The van der Waals surface area contributed by atoms with Gasteiger partial charge in [-0.15, -0.1) is 0 Å². The fourth-order valence-corrected chi connectivity index (χ4v) is 2.97. The topological polar surface area (TPSA) is 79.9 Å². The molecule has 0 spiro atoms. The van der Waals surface area contributed by atoms with Gasteiger partial charge < -0.3 is 25.0 Å². The molecule has 0 radical (unpaired) electrons. The number of thiocarbonyl (C=S) groups is 1. The fraction of sp³-hybridized carbons (Fsp3) is 0.526. The maximum Gasteiger partial charge on any atom is 0.340 e. The molecule has 7 nitrogen and oxygen atoms in total. The zero-order chi connectivity index (χ0) is 19.8. The van der Waals surface area contributed by atoms with Crippen LogP contribution in [-0.4, -0.2) is 50.4 Å². The van der Waals surface area contributed by atoms with Gasteiger partial charge in [0.1, 0.15) is 0 Å². The van der Waals surface area contributed by atoms with Crippen molar-refractivity contribution in [2.45, 2.75) is 26.7 Å². The van der Waals surface area contributed by atoms with Gasteiger partial charge in [0.25, 0.3) is 0 Å². The molecule has 1 amide bonds. The van der Waals surface area contributed by atoms with Gasteiger partial charge in [0.15, 0.2) is 5.11 Å². The second-order valence-electron chi connectivity index (χ2n) is 6.76. The number of anilines is 2. The summed E-state index contributed by atoms with van der Waals surface area (Å²) in [6.45, 7) is 6.78. The number of carbonyl (C=O) groups is 2. The second kappa shape index (κ2) is 10.2. The number of hydrogen-bond acceptors (Lipinski definition) is 6. The smallest absolute Gasteiger partial charge is 0.340 e. The first kappa shape index (κ1) is 21.1. The molecule has 0 aliphatic carbocycles. The Morgan fingerprint density at radius 3 is 2.63 bits per heavy atom. The van der Waals surface area contributed by atoms with Crippen LogP contribution in [0.4, 0.5) is 11.4 Å². The maximum absolute atomic E-state index is 12.2. The molecule has 1 heterocycles. The second-order valence-corrected chi connectivity index (χ2v) is 7.17. The molecule has 0 unspecified atom stereocenters. The van der Waals surface area contributed by atoms with Crippen molar-refractivity contribution < 1.29 is 19.1 Å². The van der Waals surface area contributed by atoms with Crippen LogP contribution in [0.3, 0.4) is 0 Å². The standard InChI is InChI=1S/C19H27N3O4S/c1-13(2)4-7-17(23)21-19(27)20-14-5-6-16(15(12-14)18(24)25-3)22-8-10-26-11-9-22/h5-6,12-13H,4,7-11H2,1-3H3,(H2,20,21,23,27). The van der Waals surface area contributed by atoms with Crippen molar-refractivity contribution in [3.05, 3.63) is 23.8 Å². The van der Waals surface area contributed by atoms with Crippen LogP contribution in [0.15, 0.2) is 18.2 Å². The van der Waals surface area contributed by atoms with Crippen LogP contribution < -0.4 is 15.5 Å². The van der Waals surface area contributed by atoms with Crippen LogP contribution in [0, 0.1) is 5.92 Å². The lowest BCUT2D eigenvalue weighted by atomic mass is 10.1. The van der Waals surface area contributed by atoms with Crippen molar-refractivity contribution in [3.8, 4) is 0 Å². The van der Waals surface area contributed by atoms with Crippen LogP contribution in [0.5, 0.6) is 0 Å². The van der Waals surface area contributed by atoms with Gasteiger partial charge in [0, 0.05) is 25.2 Å². The summed E-state index contributed by atoms with van der Waals surface area (Å²) < 4.78 is 10.3. The highest BCUT2D eigenvalue weighted by Crippen LogP contribution is 2.26. The van der Waals surface area contributed by atoms with Crippen LogP contribution in [-0.2, 0) is 14.3 Å². The lowest BCUT2D eigenvalue weighted by Crippen LogP contribution is -2.37. The van der Waals surface area contributed by atoms with E-state index in [0.29, 0.717) is 49.9 Å². The number of ether oxygens (including phenoxy) is 2. The molecule has 0 saturated carbocycles. The summed E-state index contributed by atoms with van der Waals surface area (Å²) in [6, 6.07) is 5.36. The summed E-state index contributed by atoms with van der Waals surface area (Å²) in [4.78, 5) is 26.2. The van der Waals surface area contributed by atoms with E-state index in [9.17, 15) is 9.59 Å². The maximum atomic E-state index is 12.2. The van der Waals surface area contributed by atoms with Gasteiger partial charge in [-0.3, -0.25) is 4.79 Å². The largest absolute Gasteiger partial charge is 0.465 e. The number of nitrogens with zero attached hydrogens (tertiary/aromatic N) is 1. The molecule has 8 heteroatoms. The number of carbonyl (C=O) groups excluding carboxylic acids is 2. The minimum atomic E-state index is -0.424. The number of esters is 1. The van der Waals surface area contributed by atoms with E-state index in [-0.39, 0.29) is 11.0 Å². The van der Waals surface area contributed by atoms with Crippen molar-refractivity contribution in [2.24, 2.45) is 5.92 Å². The summed E-state index contributed by atoms with van der Waals surface area (Å²) >= 11 is 5.20. The Morgan fingerprint density at radius 1 is 1.30 bits per heavy atom. The van der Waals surface area contributed by atoms with Crippen LogP contribution >= 0.6 is 12.2 Å². The molecular weight excluding hydrogens is 366 g/mol. The highest BCUT2D eigenvalue weighted by molar-refractivity contribution is 7.80. The molecule has 148 valence electrons. The molecule has 1 aromatic rings. The minimum Gasteiger partial charge on any atom is -0.465 e. The van der Waals surface area contributed by atoms with E-state index in [1.165, 1.54) is 7.11 Å². The third-order valence-corrected chi connectivity index (χ3v) is 4.42. The Balaban J connectivity index is 2.07. The fourth-order valence-electron chi connectivity index (χ4n) is 2.74. The van der Waals surface area contributed by atoms with E-state index in [1.807, 2.05) is 12.1 Å². The number of amides is 1. The molecule has 1 fully saturated rings. The summed E-state index contributed by atoms with van der Waals surface area (Å²) in [5.41, 5.74) is 1.85. The lowest BCUT2D eigenvalue weighted by Gasteiger charge is -2.30. The Bertz CT molecular complexity index is 688. The molecule has 0 aromatic heterocycles. The van der Waals surface area contributed by atoms with Gasteiger partial charge in [-0.25, -0.2) is 4.79 Å². The predicted octanol–water partition coefficient (Wildman–Crippen LogP) is 2.56. The molecule has 2 rings (SSSR count).